The van der Waals surface area contributed by atoms with Gasteiger partial charge < -0.3 is 9.73 Å². The number of hydrogen-bond acceptors (Lipinski definition) is 5. The zero-order valence-corrected chi connectivity index (χ0v) is 16.2. The van der Waals surface area contributed by atoms with E-state index in [4.69, 9.17) is 4.42 Å². The normalized spacial score (nSPS) is 36.4. The predicted molar refractivity (Wildman–Crippen MR) is 99.9 cm³/mol. The molecular formula is C20H29N3O2S. The molecule has 0 atom stereocenters. The van der Waals surface area contributed by atoms with Gasteiger partial charge in [-0.15, -0.1) is 10.2 Å². The van der Waals surface area contributed by atoms with Crippen LogP contribution >= 0.6 is 11.8 Å². The first-order valence-electron chi connectivity index (χ1n) is 10.4. The second kappa shape index (κ2) is 6.84. The first-order chi connectivity index (χ1) is 12.7. The van der Waals surface area contributed by atoms with E-state index in [0.29, 0.717) is 17.0 Å². The van der Waals surface area contributed by atoms with Crippen LogP contribution < -0.4 is 5.32 Å². The lowest BCUT2D eigenvalue weighted by Gasteiger charge is -2.55. The van der Waals surface area contributed by atoms with Gasteiger partial charge in [-0.25, -0.2) is 0 Å². The fourth-order valence-corrected chi connectivity index (χ4v) is 7.07. The van der Waals surface area contributed by atoms with Crippen molar-refractivity contribution in [2.45, 2.75) is 87.3 Å². The van der Waals surface area contributed by atoms with Crippen molar-refractivity contribution < 1.29 is 9.21 Å². The van der Waals surface area contributed by atoms with Gasteiger partial charge in [-0.1, -0.05) is 31.0 Å². The zero-order valence-electron chi connectivity index (χ0n) is 15.4. The van der Waals surface area contributed by atoms with Gasteiger partial charge in [0.15, 0.2) is 0 Å². The van der Waals surface area contributed by atoms with Crippen LogP contribution in [0.1, 0.15) is 76.5 Å². The van der Waals surface area contributed by atoms with Crippen LogP contribution in [-0.2, 0) is 10.2 Å². The first-order valence-corrected chi connectivity index (χ1v) is 11.4. The number of amides is 1. The number of carbonyl (C=O) groups is 1. The molecule has 0 spiro atoms. The summed E-state index contributed by atoms with van der Waals surface area (Å²) in [5.41, 5.74) is 0.144. The largest absolute Gasteiger partial charge is 0.415 e. The summed E-state index contributed by atoms with van der Waals surface area (Å²) in [5.74, 6) is 3.92. The Kier molecular flexibility index (Phi) is 4.50. The Hall–Kier alpha value is -1.04. The highest BCUT2D eigenvalue weighted by Crippen LogP contribution is 2.60. The summed E-state index contributed by atoms with van der Waals surface area (Å²) in [6, 6.07) is 0.363. The van der Waals surface area contributed by atoms with Crippen LogP contribution in [-0.4, -0.2) is 27.9 Å². The topological polar surface area (TPSA) is 68.0 Å². The fourth-order valence-electron chi connectivity index (χ4n) is 6.50. The van der Waals surface area contributed by atoms with Crippen molar-refractivity contribution in [3.8, 4) is 0 Å². The molecular weight excluding hydrogens is 346 g/mol. The van der Waals surface area contributed by atoms with E-state index >= 15 is 0 Å². The van der Waals surface area contributed by atoms with E-state index in [1.807, 2.05) is 0 Å². The third-order valence-corrected chi connectivity index (χ3v) is 8.01. The zero-order chi connectivity index (χ0) is 17.6. The van der Waals surface area contributed by atoms with Gasteiger partial charge in [-0.05, 0) is 69.1 Å². The van der Waals surface area contributed by atoms with Crippen molar-refractivity contribution in [2.75, 3.05) is 5.75 Å². The van der Waals surface area contributed by atoms with E-state index in [0.717, 1.165) is 36.5 Å². The minimum atomic E-state index is 0.0939. The molecule has 5 aliphatic rings. The maximum Gasteiger partial charge on any atom is 0.277 e. The van der Waals surface area contributed by atoms with E-state index in [-0.39, 0.29) is 11.3 Å². The lowest BCUT2D eigenvalue weighted by Crippen LogP contribution is -2.48. The van der Waals surface area contributed by atoms with Crippen LogP contribution in [0, 0.1) is 17.8 Å². The Labute approximate surface area is 159 Å². The lowest BCUT2D eigenvalue weighted by molar-refractivity contribution is -0.119. The Morgan fingerprint density at radius 2 is 1.69 bits per heavy atom. The van der Waals surface area contributed by atoms with Crippen molar-refractivity contribution in [1.29, 1.82) is 0 Å². The molecule has 4 bridgehead atoms. The number of thioether (sulfide) groups is 1. The number of hydrogen-bond donors (Lipinski definition) is 1. The van der Waals surface area contributed by atoms with Gasteiger partial charge in [-0.2, -0.15) is 0 Å². The van der Waals surface area contributed by atoms with Crippen LogP contribution in [0.15, 0.2) is 9.64 Å². The van der Waals surface area contributed by atoms with Crippen molar-refractivity contribution in [3.05, 3.63) is 5.89 Å². The molecule has 5 aliphatic carbocycles. The monoisotopic (exact) mass is 375 g/mol. The molecule has 0 unspecified atom stereocenters. The Bertz CT molecular complexity index is 632. The smallest absolute Gasteiger partial charge is 0.277 e. The second-order valence-electron chi connectivity index (χ2n) is 9.26. The van der Waals surface area contributed by atoms with Crippen LogP contribution in [0.25, 0.3) is 0 Å². The maximum absolute atomic E-state index is 12.2. The molecule has 142 valence electrons. The highest BCUT2D eigenvalue weighted by atomic mass is 32.2. The van der Waals surface area contributed by atoms with Crippen molar-refractivity contribution in [2.24, 2.45) is 17.8 Å². The molecule has 5 fully saturated rings. The molecule has 0 saturated heterocycles. The summed E-state index contributed by atoms with van der Waals surface area (Å²) < 4.78 is 6.07. The van der Waals surface area contributed by atoms with Crippen LogP contribution in [0.3, 0.4) is 0 Å². The number of aromatic nitrogens is 2. The number of nitrogens with zero attached hydrogens (tertiary/aromatic N) is 2. The molecule has 0 radical (unpaired) electrons. The molecule has 1 heterocycles. The van der Waals surface area contributed by atoms with Gasteiger partial charge in [0.05, 0.1) is 5.75 Å². The van der Waals surface area contributed by atoms with Crippen molar-refractivity contribution in [3.63, 3.8) is 0 Å². The summed E-state index contributed by atoms with van der Waals surface area (Å²) >= 11 is 1.39. The molecule has 1 amide bonds. The maximum atomic E-state index is 12.2. The fraction of sp³-hybridized carbons (Fsp3) is 0.850. The van der Waals surface area contributed by atoms with Gasteiger partial charge in [0.2, 0.25) is 11.8 Å². The number of rotatable bonds is 5. The average molecular weight is 376 g/mol. The Morgan fingerprint density at radius 1 is 1.04 bits per heavy atom. The lowest BCUT2D eigenvalue weighted by atomic mass is 9.49. The minimum absolute atomic E-state index is 0.0939. The van der Waals surface area contributed by atoms with Crippen molar-refractivity contribution >= 4 is 17.7 Å². The predicted octanol–water partition coefficient (Wildman–Crippen LogP) is 4.08. The molecule has 1 aromatic heterocycles. The summed E-state index contributed by atoms with van der Waals surface area (Å²) in [6.45, 7) is 0. The Balaban J connectivity index is 1.19. The minimum Gasteiger partial charge on any atom is -0.415 e. The van der Waals surface area contributed by atoms with E-state index in [1.165, 1.54) is 69.5 Å². The highest BCUT2D eigenvalue weighted by molar-refractivity contribution is 7.99. The molecule has 5 nitrogen and oxygen atoms in total. The molecule has 5 saturated carbocycles. The molecule has 0 aliphatic heterocycles. The van der Waals surface area contributed by atoms with Gasteiger partial charge in [0.25, 0.3) is 5.22 Å². The van der Waals surface area contributed by atoms with E-state index < -0.39 is 0 Å². The van der Waals surface area contributed by atoms with E-state index in [2.05, 4.69) is 15.5 Å². The van der Waals surface area contributed by atoms with Crippen LogP contribution in [0.5, 0.6) is 0 Å². The molecule has 0 aromatic carbocycles. The molecule has 6 heteroatoms. The number of carbonyl (C=O) groups excluding carboxylic acids is 1. The van der Waals surface area contributed by atoms with Crippen LogP contribution in [0.4, 0.5) is 0 Å². The molecule has 26 heavy (non-hydrogen) atoms. The van der Waals surface area contributed by atoms with Gasteiger partial charge in [-0.3, -0.25) is 4.79 Å². The van der Waals surface area contributed by atoms with Gasteiger partial charge in [0, 0.05) is 11.5 Å². The summed E-state index contributed by atoms with van der Waals surface area (Å²) in [4.78, 5) is 12.2. The van der Waals surface area contributed by atoms with E-state index in [1.54, 1.807) is 0 Å². The van der Waals surface area contributed by atoms with Crippen molar-refractivity contribution in [1.82, 2.24) is 15.5 Å². The summed E-state index contributed by atoms with van der Waals surface area (Å²) in [6.07, 6.45) is 13.9. The average Bonchev–Trinajstić information content (AvgIpc) is 3.10. The third kappa shape index (κ3) is 3.30. The molecule has 6 rings (SSSR count). The standard InChI is InChI=1S/C20H29N3O2S/c24-17(21-16-4-2-1-3-5-16)12-26-19-23-22-18(25-19)20-9-13-6-14(10-20)8-15(7-13)11-20/h13-16H,1-12H2,(H,21,24). The van der Waals surface area contributed by atoms with Crippen LogP contribution in [0.2, 0.25) is 0 Å². The highest BCUT2D eigenvalue weighted by Gasteiger charge is 2.54. The molecule has 1 N–H and O–H groups in total. The SMILES string of the molecule is O=C(CSc1nnc(C23CC4CC(CC(C4)C2)C3)o1)NC1CCCCC1. The van der Waals surface area contributed by atoms with Gasteiger partial charge >= 0.3 is 0 Å². The Morgan fingerprint density at radius 3 is 2.35 bits per heavy atom. The number of nitrogens with one attached hydrogen (secondary N) is 1. The van der Waals surface area contributed by atoms with E-state index in [9.17, 15) is 4.79 Å². The summed E-state index contributed by atoms with van der Waals surface area (Å²) in [5, 5.41) is 12.4. The first kappa shape index (κ1) is 17.1. The summed E-state index contributed by atoms with van der Waals surface area (Å²) in [7, 11) is 0. The van der Waals surface area contributed by atoms with Gasteiger partial charge in [0.1, 0.15) is 0 Å². The molecule has 1 aromatic rings. The second-order valence-corrected chi connectivity index (χ2v) is 10.2. The third-order valence-electron chi connectivity index (χ3n) is 7.20. The quantitative estimate of drug-likeness (QED) is 0.786.